The van der Waals surface area contributed by atoms with E-state index in [1.54, 1.807) is 0 Å². The fraction of sp³-hybridized carbons (Fsp3) is 0.538. The van der Waals surface area contributed by atoms with Crippen molar-refractivity contribution in [1.29, 1.82) is 0 Å². The molecule has 0 bridgehead atoms. The summed E-state index contributed by atoms with van der Waals surface area (Å²) in [5, 5.41) is 3.36. The number of anilines is 1. The molecule has 1 aromatic rings. The predicted octanol–water partition coefficient (Wildman–Crippen LogP) is 3.49. The van der Waals surface area contributed by atoms with Crippen molar-refractivity contribution in [2.24, 2.45) is 0 Å². The van der Waals surface area contributed by atoms with E-state index in [4.69, 9.17) is 4.74 Å². The van der Waals surface area contributed by atoms with E-state index in [9.17, 15) is 0 Å². The van der Waals surface area contributed by atoms with Crippen molar-refractivity contribution in [2.75, 3.05) is 5.32 Å². The van der Waals surface area contributed by atoms with Gasteiger partial charge in [-0.3, -0.25) is 0 Å². The first-order chi connectivity index (χ1) is 7.22. The quantitative estimate of drug-likeness (QED) is 0.798. The largest absolute Gasteiger partial charge is 0.360 e. The minimum Gasteiger partial charge on any atom is -0.360 e. The molecule has 0 aromatic heterocycles. The summed E-state index contributed by atoms with van der Waals surface area (Å²) >= 11 is 0. The molecule has 15 heavy (non-hydrogen) atoms. The van der Waals surface area contributed by atoms with Crippen molar-refractivity contribution in [3.05, 3.63) is 29.8 Å². The van der Waals surface area contributed by atoms with Crippen LogP contribution in [0.25, 0.3) is 0 Å². The van der Waals surface area contributed by atoms with E-state index in [0.29, 0.717) is 0 Å². The second kappa shape index (κ2) is 3.86. The lowest BCUT2D eigenvalue weighted by molar-refractivity contribution is -0.0942. The van der Waals surface area contributed by atoms with Crippen LogP contribution in [0.1, 0.15) is 39.2 Å². The van der Waals surface area contributed by atoms with Crippen LogP contribution >= 0.6 is 0 Å². The zero-order chi connectivity index (χ0) is 10.9. The van der Waals surface area contributed by atoms with Crippen LogP contribution in [0.4, 0.5) is 5.69 Å². The smallest absolute Gasteiger partial charge is 0.126 e. The van der Waals surface area contributed by atoms with Gasteiger partial charge in [0.1, 0.15) is 6.23 Å². The molecule has 0 saturated carbocycles. The fourth-order valence-corrected chi connectivity index (χ4v) is 2.45. The average molecular weight is 205 g/mol. The first kappa shape index (κ1) is 10.5. The van der Waals surface area contributed by atoms with Gasteiger partial charge < -0.3 is 10.1 Å². The Morgan fingerprint density at radius 2 is 1.93 bits per heavy atom. The summed E-state index contributed by atoms with van der Waals surface area (Å²) in [6, 6.07) is 8.45. The van der Waals surface area contributed by atoms with Gasteiger partial charge in [0.15, 0.2) is 0 Å². The second-order valence-corrected chi connectivity index (χ2v) is 4.15. The van der Waals surface area contributed by atoms with Gasteiger partial charge in [0.2, 0.25) is 0 Å². The molecule has 0 aliphatic carbocycles. The lowest BCUT2D eigenvalue weighted by Crippen LogP contribution is -2.40. The highest BCUT2D eigenvalue weighted by atomic mass is 16.5. The van der Waals surface area contributed by atoms with Gasteiger partial charge >= 0.3 is 0 Å². The third-order valence-electron chi connectivity index (χ3n) is 3.32. The van der Waals surface area contributed by atoms with E-state index >= 15 is 0 Å². The highest BCUT2D eigenvalue weighted by Gasteiger charge is 2.36. The molecule has 2 heteroatoms. The van der Waals surface area contributed by atoms with Gasteiger partial charge in [-0.25, -0.2) is 0 Å². The molecule has 2 nitrogen and oxygen atoms in total. The van der Waals surface area contributed by atoms with E-state index in [2.05, 4.69) is 50.4 Å². The molecule has 1 atom stereocenters. The van der Waals surface area contributed by atoms with Crippen LogP contribution < -0.4 is 5.32 Å². The number of nitrogens with one attached hydrogen (secondary N) is 1. The third-order valence-corrected chi connectivity index (χ3v) is 3.32. The van der Waals surface area contributed by atoms with E-state index in [1.165, 1.54) is 11.3 Å². The van der Waals surface area contributed by atoms with Crippen molar-refractivity contribution in [2.45, 2.75) is 45.4 Å². The highest BCUT2D eigenvalue weighted by molar-refractivity contribution is 5.55. The van der Waals surface area contributed by atoms with Gasteiger partial charge in [0.25, 0.3) is 0 Å². The van der Waals surface area contributed by atoms with Crippen molar-refractivity contribution in [3.8, 4) is 0 Å². The van der Waals surface area contributed by atoms with Gasteiger partial charge in [-0.2, -0.15) is 0 Å². The Hall–Kier alpha value is -1.02. The SMILES string of the molecule is CCC1(CC)OC(C)Nc2ccccc21. The Kier molecular flexibility index (Phi) is 2.70. The summed E-state index contributed by atoms with van der Waals surface area (Å²) in [5.74, 6) is 0. The fourth-order valence-electron chi connectivity index (χ4n) is 2.45. The summed E-state index contributed by atoms with van der Waals surface area (Å²) in [6.07, 6.45) is 2.14. The van der Waals surface area contributed by atoms with Crippen LogP contribution in [0.5, 0.6) is 0 Å². The van der Waals surface area contributed by atoms with E-state index < -0.39 is 0 Å². The first-order valence-electron chi connectivity index (χ1n) is 5.75. The molecule has 1 heterocycles. The Balaban J connectivity index is 2.50. The Bertz CT molecular complexity index is 344. The Morgan fingerprint density at radius 3 is 2.60 bits per heavy atom. The van der Waals surface area contributed by atoms with Crippen molar-refractivity contribution in [1.82, 2.24) is 0 Å². The minimum absolute atomic E-state index is 0.0960. The van der Waals surface area contributed by atoms with Gasteiger partial charge in [-0.1, -0.05) is 32.0 Å². The normalized spacial score (nSPS) is 23.0. The monoisotopic (exact) mass is 205 g/mol. The van der Waals surface area contributed by atoms with Gasteiger partial charge in [0, 0.05) is 11.3 Å². The Labute approximate surface area is 91.6 Å². The first-order valence-corrected chi connectivity index (χ1v) is 5.75. The number of hydrogen-bond donors (Lipinski definition) is 1. The molecule has 1 aliphatic heterocycles. The molecule has 82 valence electrons. The van der Waals surface area contributed by atoms with Crippen LogP contribution in [0.15, 0.2) is 24.3 Å². The zero-order valence-corrected chi connectivity index (χ0v) is 9.71. The molecular weight excluding hydrogens is 186 g/mol. The van der Waals surface area contributed by atoms with Gasteiger partial charge in [0.05, 0.1) is 5.60 Å². The lowest BCUT2D eigenvalue weighted by atomic mass is 9.86. The maximum atomic E-state index is 6.09. The number of ether oxygens (including phenoxy) is 1. The topological polar surface area (TPSA) is 21.3 Å². The highest BCUT2D eigenvalue weighted by Crippen LogP contribution is 2.41. The molecular formula is C13H19NO. The van der Waals surface area contributed by atoms with Gasteiger partial charge in [-0.15, -0.1) is 0 Å². The lowest BCUT2D eigenvalue weighted by Gasteiger charge is -2.41. The van der Waals surface area contributed by atoms with E-state index in [-0.39, 0.29) is 11.8 Å². The predicted molar refractivity (Wildman–Crippen MR) is 62.9 cm³/mol. The maximum absolute atomic E-state index is 6.09. The summed E-state index contributed by atoms with van der Waals surface area (Å²) in [6.45, 7) is 6.45. The third kappa shape index (κ3) is 1.63. The molecule has 1 aromatic carbocycles. The molecule has 0 fully saturated rings. The summed E-state index contributed by atoms with van der Waals surface area (Å²) in [5.41, 5.74) is 2.43. The van der Waals surface area contributed by atoms with Crippen LogP contribution in [0.2, 0.25) is 0 Å². The molecule has 0 saturated heterocycles. The van der Waals surface area contributed by atoms with Crippen LogP contribution in [-0.2, 0) is 10.3 Å². The minimum atomic E-state index is -0.0960. The van der Waals surface area contributed by atoms with Gasteiger partial charge in [-0.05, 0) is 25.8 Å². The average Bonchev–Trinajstić information content (AvgIpc) is 2.27. The summed E-state index contributed by atoms with van der Waals surface area (Å²) in [7, 11) is 0. The van der Waals surface area contributed by atoms with Crippen molar-refractivity contribution >= 4 is 5.69 Å². The number of rotatable bonds is 2. The molecule has 0 spiro atoms. The maximum Gasteiger partial charge on any atom is 0.126 e. The van der Waals surface area contributed by atoms with E-state index in [1.807, 2.05) is 0 Å². The Morgan fingerprint density at radius 1 is 1.27 bits per heavy atom. The summed E-state index contributed by atoms with van der Waals surface area (Å²) in [4.78, 5) is 0. The number of hydrogen-bond acceptors (Lipinski definition) is 2. The molecule has 1 N–H and O–H groups in total. The van der Waals surface area contributed by atoms with Crippen molar-refractivity contribution < 1.29 is 4.74 Å². The molecule has 1 unspecified atom stereocenters. The molecule has 1 aliphatic rings. The van der Waals surface area contributed by atoms with Crippen LogP contribution in [0.3, 0.4) is 0 Å². The number of benzene rings is 1. The van der Waals surface area contributed by atoms with E-state index in [0.717, 1.165) is 12.8 Å². The molecule has 2 rings (SSSR count). The molecule has 0 amide bonds. The number of para-hydroxylation sites is 1. The molecule has 0 radical (unpaired) electrons. The van der Waals surface area contributed by atoms with Crippen molar-refractivity contribution in [3.63, 3.8) is 0 Å². The second-order valence-electron chi connectivity index (χ2n) is 4.15. The van der Waals surface area contributed by atoms with Crippen LogP contribution in [-0.4, -0.2) is 6.23 Å². The van der Waals surface area contributed by atoms with Crippen LogP contribution in [0, 0.1) is 0 Å². The standard InChI is InChI=1S/C13H19NO/c1-4-13(5-2)11-8-6-7-9-12(11)14-10(3)15-13/h6-10,14H,4-5H2,1-3H3. The zero-order valence-electron chi connectivity index (χ0n) is 9.71. The number of fused-ring (bicyclic) bond motifs is 1. The summed E-state index contributed by atoms with van der Waals surface area (Å²) < 4.78 is 6.09.